The molecule has 0 radical (unpaired) electrons. The van der Waals surface area contributed by atoms with Crippen molar-refractivity contribution in [3.63, 3.8) is 0 Å². The lowest BCUT2D eigenvalue weighted by molar-refractivity contribution is -0.135. The van der Waals surface area contributed by atoms with Crippen LogP contribution in [0.3, 0.4) is 0 Å². The molecule has 110 valence electrons. The van der Waals surface area contributed by atoms with Crippen LogP contribution in [0.25, 0.3) is 0 Å². The van der Waals surface area contributed by atoms with Gasteiger partial charge in [-0.25, -0.2) is 0 Å². The molecule has 0 bridgehead atoms. The Labute approximate surface area is 116 Å². The third-order valence-electron chi connectivity index (χ3n) is 3.50. The predicted octanol–water partition coefficient (Wildman–Crippen LogP) is 0.751. The Morgan fingerprint density at radius 3 is 2.79 bits per heavy atom. The molecule has 2 N–H and O–H groups in total. The molecule has 0 spiro atoms. The molecule has 1 rings (SSSR count). The average Bonchev–Trinajstić information content (AvgIpc) is 2.43. The fourth-order valence-corrected chi connectivity index (χ4v) is 2.48. The molecule has 0 saturated carbocycles. The molecule has 1 heterocycles. The number of carbonyl (C=O) groups is 2. The van der Waals surface area contributed by atoms with Gasteiger partial charge in [0, 0.05) is 32.5 Å². The lowest BCUT2D eigenvalue weighted by Crippen LogP contribution is -2.42. The Kier molecular flexibility index (Phi) is 7.48. The smallest absolute Gasteiger partial charge is 0.223 e. The summed E-state index contributed by atoms with van der Waals surface area (Å²) in [6.07, 6.45) is 3.83. The lowest BCUT2D eigenvalue weighted by Gasteiger charge is -2.32. The molecule has 1 atom stereocenters. The van der Waals surface area contributed by atoms with E-state index in [1.165, 1.54) is 6.42 Å². The van der Waals surface area contributed by atoms with Crippen molar-refractivity contribution in [1.29, 1.82) is 0 Å². The first-order valence-corrected chi connectivity index (χ1v) is 7.36. The zero-order chi connectivity index (χ0) is 14.1. The first-order chi connectivity index (χ1) is 9.17. The van der Waals surface area contributed by atoms with Crippen molar-refractivity contribution < 1.29 is 9.59 Å². The molecular formula is C14H27N3O2. The third-order valence-corrected chi connectivity index (χ3v) is 3.50. The molecule has 1 aliphatic rings. The Morgan fingerprint density at radius 2 is 2.11 bits per heavy atom. The number of piperidine rings is 1. The highest BCUT2D eigenvalue weighted by Gasteiger charge is 2.23. The van der Waals surface area contributed by atoms with Gasteiger partial charge in [-0.1, -0.05) is 6.92 Å². The second-order valence-corrected chi connectivity index (χ2v) is 5.26. The highest BCUT2D eigenvalue weighted by molar-refractivity contribution is 5.83. The maximum Gasteiger partial charge on any atom is 0.223 e. The van der Waals surface area contributed by atoms with Crippen molar-refractivity contribution in [3.05, 3.63) is 0 Å². The summed E-state index contributed by atoms with van der Waals surface area (Å²) in [4.78, 5) is 25.4. The Hall–Kier alpha value is -1.10. The number of nitrogens with one attached hydrogen (secondary N) is 2. The molecule has 1 saturated heterocycles. The van der Waals surface area contributed by atoms with Crippen molar-refractivity contribution in [3.8, 4) is 0 Å². The lowest BCUT2D eigenvalue weighted by atomic mass is 9.97. The van der Waals surface area contributed by atoms with Crippen LogP contribution in [-0.4, -0.2) is 49.9 Å². The number of hydrogen-bond donors (Lipinski definition) is 2. The highest BCUT2D eigenvalue weighted by atomic mass is 16.2. The molecule has 5 heteroatoms. The molecule has 1 fully saturated rings. The van der Waals surface area contributed by atoms with Crippen LogP contribution in [0.4, 0.5) is 0 Å². The summed E-state index contributed by atoms with van der Waals surface area (Å²) in [7, 11) is 1.94. The Morgan fingerprint density at radius 1 is 1.32 bits per heavy atom. The molecule has 0 aromatic heterocycles. The van der Waals surface area contributed by atoms with Crippen molar-refractivity contribution in [2.24, 2.45) is 5.92 Å². The normalized spacial score (nSPS) is 19.3. The molecular weight excluding hydrogens is 242 g/mol. The zero-order valence-electron chi connectivity index (χ0n) is 12.2. The summed E-state index contributed by atoms with van der Waals surface area (Å²) in [5.74, 6) is 0.656. The van der Waals surface area contributed by atoms with Crippen LogP contribution in [0.5, 0.6) is 0 Å². The van der Waals surface area contributed by atoms with Gasteiger partial charge in [0.15, 0.2) is 0 Å². The van der Waals surface area contributed by atoms with Crippen molar-refractivity contribution in [2.45, 2.75) is 39.0 Å². The van der Waals surface area contributed by atoms with E-state index >= 15 is 0 Å². The van der Waals surface area contributed by atoms with Crippen LogP contribution in [0, 0.1) is 5.92 Å². The van der Waals surface area contributed by atoms with E-state index in [0.717, 1.165) is 32.5 Å². The highest BCUT2D eigenvalue weighted by Crippen LogP contribution is 2.16. The quantitative estimate of drug-likeness (QED) is 0.717. The maximum atomic E-state index is 12.1. The van der Waals surface area contributed by atoms with E-state index in [2.05, 4.69) is 10.6 Å². The van der Waals surface area contributed by atoms with Crippen molar-refractivity contribution in [2.75, 3.05) is 33.2 Å². The standard InChI is InChI=1S/C14H27N3O2/c1-3-8-16-13(18)6-7-14(19)17-9-4-5-12(11-17)10-15-2/h12,15H,3-11H2,1-2H3,(H,16,18). The number of likely N-dealkylation sites (tertiary alicyclic amines) is 1. The van der Waals surface area contributed by atoms with E-state index in [1.54, 1.807) is 0 Å². The number of hydrogen-bond acceptors (Lipinski definition) is 3. The van der Waals surface area contributed by atoms with Crippen LogP contribution in [0.1, 0.15) is 39.0 Å². The third kappa shape index (κ3) is 6.05. The minimum Gasteiger partial charge on any atom is -0.356 e. The SMILES string of the molecule is CCCNC(=O)CCC(=O)N1CCCC(CNC)C1. The summed E-state index contributed by atoms with van der Waals surface area (Å²) >= 11 is 0. The van der Waals surface area contributed by atoms with Crippen LogP contribution in [0.15, 0.2) is 0 Å². The van der Waals surface area contributed by atoms with E-state index in [9.17, 15) is 9.59 Å². The molecule has 0 aromatic rings. The number of amides is 2. The molecule has 1 aliphatic heterocycles. The fourth-order valence-electron chi connectivity index (χ4n) is 2.48. The molecule has 19 heavy (non-hydrogen) atoms. The second-order valence-electron chi connectivity index (χ2n) is 5.26. The predicted molar refractivity (Wildman–Crippen MR) is 75.8 cm³/mol. The summed E-state index contributed by atoms with van der Waals surface area (Å²) in [6.45, 7) is 5.34. The summed E-state index contributed by atoms with van der Waals surface area (Å²) in [5, 5.41) is 5.97. The van der Waals surface area contributed by atoms with Crippen LogP contribution in [0.2, 0.25) is 0 Å². The maximum absolute atomic E-state index is 12.1. The van der Waals surface area contributed by atoms with Crippen molar-refractivity contribution in [1.82, 2.24) is 15.5 Å². The Bertz CT molecular complexity index is 292. The first-order valence-electron chi connectivity index (χ1n) is 7.36. The molecule has 5 nitrogen and oxygen atoms in total. The van der Waals surface area contributed by atoms with Gasteiger partial charge < -0.3 is 15.5 Å². The number of nitrogens with zero attached hydrogens (tertiary/aromatic N) is 1. The second kappa shape index (κ2) is 8.91. The number of carbonyl (C=O) groups excluding carboxylic acids is 2. The number of rotatable bonds is 7. The van der Waals surface area contributed by atoms with Crippen LogP contribution >= 0.6 is 0 Å². The van der Waals surface area contributed by atoms with E-state index in [0.29, 0.717) is 25.3 Å². The van der Waals surface area contributed by atoms with Gasteiger partial charge in [0.05, 0.1) is 0 Å². The topological polar surface area (TPSA) is 61.4 Å². The van der Waals surface area contributed by atoms with Gasteiger partial charge in [-0.05, 0) is 38.8 Å². The van der Waals surface area contributed by atoms with E-state index < -0.39 is 0 Å². The first kappa shape index (κ1) is 16.0. The van der Waals surface area contributed by atoms with Gasteiger partial charge in [0.1, 0.15) is 0 Å². The van der Waals surface area contributed by atoms with E-state index in [4.69, 9.17) is 0 Å². The fraction of sp³-hybridized carbons (Fsp3) is 0.857. The molecule has 2 amide bonds. The van der Waals surface area contributed by atoms with Gasteiger partial charge >= 0.3 is 0 Å². The van der Waals surface area contributed by atoms with Gasteiger partial charge in [0.25, 0.3) is 0 Å². The average molecular weight is 269 g/mol. The van der Waals surface area contributed by atoms with Crippen LogP contribution in [-0.2, 0) is 9.59 Å². The van der Waals surface area contributed by atoms with Crippen LogP contribution < -0.4 is 10.6 Å². The minimum absolute atomic E-state index is 0.0148. The largest absolute Gasteiger partial charge is 0.356 e. The minimum atomic E-state index is -0.0148. The van der Waals surface area contributed by atoms with Crippen molar-refractivity contribution >= 4 is 11.8 Å². The van der Waals surface area contributed by atoms with Gasteiger partial charge in [-0.15, -0.1) is 0 Å². The summed E-state index contributed by atoms with van der Waals surface area (Å²) in [5.41, 5.74) is 0. The van der Waals surface area contributed by atoms with E-state index in [1.807, 2.05) is 18.9 Å². The molecule has 1 unspecified atom stereocenters. The Balaban J connectivity index is 2.26. The van der Waals surface area contributed by atoms with Gasteiger partial charge in [-0.2, -0.15) is 0 Å². The summed E-state index contributed by atoms with van der Waals surface area (Å²) in [6, 6.07) is 0. The molecule has 0 aromatic carbocycles. The summed E-state index contributed by atoms with van der Waals surface area (Å²) < 4.78 is 0. The monoisotopic (exact) mass is 269 g/mol. The van der Waals surface area contributed by atoms with E-state index in [-0.39, 0.29) is 11.8 Å². The van der Waals surface area contributed by atoms with Gasteiger partial charge in [0.2, 0.25) is 11.8 Å². The van der Waals surface area contributed by atoms with Gasteiger partial charge in [-0.3, -0.25) is 9.59 Å². The zero-order valence-corrected chi connectivity index (χ0v) is 12.2. The molecule has 0 aliphatic carbocycles.